The van der Waals surface area contributed by atoms with Gasteiger partial charge in [0.25, 0.3) is 5.91 Å². The first-order valence-electron chi connectivity index (χ1n) is 7.81. The zero-order chi connectivity index (χ0) is 16.2. The summed E-state index contributed by atoms with van der Waals surface area (Å²) >= 11 is 0. The molecule has 1 saturated carbocycles. The van der Waals surface area contributed by atoms with Crippen molar-refractivity contribution >= 4 is 5.91 Å². The van der Waals surface area contributed by atoms with Gasteiger partial charge in [0.15, 0.2) is 0 Å². The fraction of sp³-hybridized carbons (Fsp3) is 0.333. The van der Waals surface area contributed by atoms with Crippen molar-refractivity contribution in [3.8, 4) is 16.9 Å². The highest BCUT2D eigenvalue weighted by molar-refractivity contribution is 5.95. The Labute approximate surface area is 135 Å². The molecule has 1 unspecified atom stereocenters. The molecule has 5 heteroatoms. The number of hydrogen-bond donors (Lipinski definition) is 2. The molecule has 0 radical (unpaired) electrons. The molecule has 3 N–H and O–H groups in total. The van der Waals surface area contributed by atoms with Crippen molar-refractivity contribution in [1.82, 2.24) is 10.3 Å². The van der Waals surface area contributed by atoms with E-state index in [-0.39, 0.29) is 11.9 Å². The maximum atomic E-state index is 12.4. The third-order valence-corrected chi connectivity index (χ3v) is 4.19. The summed E-state index contributed by atoms with van der Waals surface area (Å²) in [6.07, 6.45) is 5.63. The van der Waals surface area contributed by atoms with Gasteiger partial charge in [0.1, 0.15) is 5.75 Å². The number of amides is 1. The molecule has 1 aliphatic carbocycles. The summed E-state index contributed by atoms with van der Waals surface area (Å²) in [4.78, 5) is 16.6. The van der Waals surface area contributed by atoms with Gasteiger partial charge < -0.3 is 15.8 Å². The number of rotatable bonds is 6. The van der Waals surface area contributed by atoms with Crippen LogP contribution < -0.4 is 15.8 Å². The second-order valence-corrected chi connectivity index (χ2v) is 5.84. The van der Waals surface area contributed by atoms with Crippen molar-refractivity contribution in [3.05, 3.63) is 48.3 Å². The third kappa shape index (κ3) is 3.68. The predicted octanol–water partition coefficient (Wildman–Crippen LogP) is 2.22. The quantitative estimate of drug-likeness (QED) is 0.857. The molecule has 1 heterocycles. The first kappa shape index (κ1) is 15.5. The molecule has 1 aromatic heterocycles. The van der Waals surface area contributed by atoms with E-state index in [1.165, 1.54) is 0 Å². The third-order valence-electron chi connectivity index (χ3n) is 4.19. The average molecular weight is 311 g/mol. The zero-order valence-corrected chi connectivity index (χ0v) is 13.2. The Hall–Kier alpha value is -2.40. The van der Waals surface area contributed by atoms with Crippen molar-refractivity contribution in [2.45, 2.75) is 18.9 Å². The normalized spacial score (nSPS) is 15.0. The van der Waals surface area contributed by atoms with Gasteiger partial charge in [-0.3, -0.25) is 9.78 Å². The smallest absolute Gasteiger partial charge is 0.253 e. The number of nitrogens with two attached hydrogens (primary N) is 1. The molecule has 1 fully saturated rings. The number of pyridine rings is 1. The number of carbonyl (C=O) groups is 1. The van der Waals surface area contributed by atoms with E-state index in [0.717, 1.165) is 29.7 Å². The van der Waals surface area contributed by atoms with Gasteiger partial charge in [0.05, 0.1) is 12.7 Å². The minimum atomic E-state index is -0.116. The van der Waals surface area contributed by atoms with E-state index in [1.807, 2.05) is 30.3 Å². The van der Waals surface area contributed by atoms with Gasteiger partial charge in [-0.1, -0.05) is 12.1 Å². The number of hydrogen-bond acceptors (Lipinski definition) is 4. The number of methoxy groups -OCH3 is 1. The van der Waals surface area contributed by atoms with Crippen LogP contribution in [0.15, 0.2) is 42.7 Å². The SMILES string of the molecule is COc1ccc(-c2cncc(C(=O)NC(CN)C3CC3)c2)cc1. The van der Waals surface area contributed by atoms with E-state index in [1.54, 1.807) is 19.5 Å². The second-order valence-electron chi connectivity index (χ2n) is 5.84. The Morgan fingerprint density at radius 2 is 2.04 bits per heavy atom. The van der Waals surface area contributed by atoms with E-state index in [2.05, 4.69) is 10.3 Å². The molecule has 0 bridgehead atoms. The molecule has 3 rings (SSSR count). The topological polar surface area (TPSA) is 77.2 Å². The summed E-state index contributed by atoms with van der Waals surface area (Å²) in [5, 5.41) is 3.02. The van der Waals surface area contributed by atoms with Gasteiger partial charge in [-0.25, -0.2) is 0 Å². The van der Waals surface area contributed by atoms with Gasteiger partial charge in [0.2, 0.25) is 0 Å². The molecule has 23 heavy (non-hydrogen) atoms. The lowest BCUT2D eigenvalue weighted by atomic mass is 10.1. The van der Waals surface area contributed by atoms with Crippen LogP contribution in [0.5, 0.6) is 5.75 Å². The number of aromatic nitrogens is 1. The lowest BCUT2D eigenvalue weighted by Crippen LogP contribution is -2.41. The van der Waals surface area contributed by atoms with E-state index in [4.69, 9.17) is 10.5 Å². The van der Waals surface area contributed by atoms with Crippen molar-refractivity contribution in [2.75, 3.05) is 13.7 Å². The van der Waals surface area contributed by atoms with Crippen molar-refractivity contribution < 1.29 is 9.53 Å². The van der Waals surface area contributed by atoms with E-state index in [9.17, 15) is 4.79 Å². The summed E-state index contributed by atoms with van der Waals surface area (Å²) < 4.78 is 5.16. The number of ether oxygens (including phenoxy) is 1. The van der Waals surface area contributed by atoms with Crippen LogP contribution in [0.25, 0.3) is 11.1 Å². The van der Waals surface area contributed by atoms with Gasteiger partial charge in [0, 0.05) is 30.5 Å². The molecule has 1 aliphatic rings. The molecule has 1 amide bonds. The number of nitrogens with zero attached hydrogens (tertiary/aromatic N) is 1. The van der Waals surface area contributed by atoms with Crippen LogP contribution in [-0.4, -0.2) is 30.6 Å². The van der Waals surface area contributed by atoms with Crippen LogP contribution in [0.1, 0.15) is 23.2 Å². The van der Waals surface area contributed by atoms with E-state index in [0.29, 0.717) is 18.0 Å². The summed E-state index contributed by atoms with van der Waals surface area (Å²) in [7, 11) is 1.63. The van der Waals surface area contributed by atoms with E-state index < -0.39 is 0 Å². The van der Waals surface area contributed by atoms with Crippen molar-refractivity contribution in [2.24, 2.45) is 11.7 Å². The fourth-order valence-corrected chi connectivity index (χ4v) is 2.62. The largest absolute Gasteiger partial charge is 0.497 e. The molecule has 0 spiro atoms. The van der Waals surface area contributed by atoms with Crippen LogP contribution in [0, 0.1) is 5.92 Å². The number of carbonyl (C=O) groups excluding carboxylic acids is 1. The zero-order valence-electron chi connectivity index (χ0n) is 13.2. The summed E-state index contributed by atoms with van der Waals surface area (Å²) in [5.74, 6) is 1.21. The van der Waals surface area contributed by atoms with Gasteiger partial charge >= 0.3 is 0 Å². The molecule has 1 aromatic carbocycles. The van der Waals surface area contributed by atoms with Crippen LogP contribution in [0.2, 0.25) is 0 Å². The highest BCUT2D eigenvalue weighted by atomic mass is 16.5. The molecule has 1 atom stereocenters. The standard InChI is InChI=1S/C18H21N3O2/c1-23-16-6-4-12(5-7-16)14-8-15(11-20-10-14)18(22)21-17(9-19)13-2-3-13/h4-8,10-11,13,17H,2-3,9,19H2,1H3,(H,21,22). The number of nitrogens with one attached hydrogen (secondary N) is 1. The van der Waals surface area contributed by atoms with Crippen LogP contribution in [0.4, 0.5) is 0 Å². The summed E-state index contributed by atoms with van der Waals surface area (Å²) in [5.41, 5.74) is 8.19. The van der Waals surface area contributed by atoms with Gasteiger partial charge in [-0.2, -0.15) is 0 Å². The monoisotopic (exact) mass is 311 g/mol. The number of benzene rings is 1. The van der Waals surface area contributed by atoms with E-state index >= 15 is 0 Å². The van der Waals surface area contributed by atoms with Crippen molar-refractivity contribution in [1.29, 1.82) is 0 Å². The molecular formula is C18H21N3O2. The average Bonchev–Trinajstić information content (AvgIpc) is 3.44. The first-order valence-corrected chi connectivity index (χ1v) is 7.81. The second kappa shape index (κ2) is 6.79. The Bertz CT molecular complexity index is 681. The minimum Gasteiger partial charge on any atom is -0.497 e. The molecule has 120 valence electrons. The van der Waals surface area contributed by atoms with Crippen LogP contribution >= 0.6 is 0 Å². The van der Waals surface area contributed by atoms with Crippen molar-refractivity contribution in [3.63, 3.8) is 0 Å². The molecule has 0 saturated heterocycles. The highest BCUT2D eigenvalue weighted by Gasteiger charge is 2.31. The molecule has 5 nitrogen and oxygen atoms in total. The van der Waals surface area contributed by atoms with Crippen LogP contribution in [-0.2, 0) is 0 Å². The van der Waals surface area contributed by atoms with Crippen LogP contribution in [0.3, 0.4) is 0 Å². The fourth-order valence-electron chi connectivity index (χ4n) is 2.62. The maximum Gasteiger partial charge on any atom is 0.253 e. The van der Waals surface area contributed by atoms with Gasteiger partial charge in [-0.05, 0) is 42.5 Å². The molecular weight excluding hydrogens is 290 g/mol. The summed E-state index contributed by atoms with van der Waals surface area (Å²) in [6, 6.07) is 9.59. The first-order chi connectivity index (χ1) is 11.2. The molecule has 2 aromatic rings. The predicted molar refractivity (Wildman–Crippen MR) is 89.3 cm³/mol. The maximum absolute atomic E-state index is 12.4. The lowest BCUT2D eigenvalue weighted by molar-refractivity contribution is 0.0933. The Morgan fingerprint density at radius 3 is 2.65 bits per heavy atom. The Kier molecular flexibility index (Phi) is 4.57. The molecule has 0 aliphatic heterocycles. The summed E-state index contributed by atoms with van der Waals surface area (Å²) in [6.45, 7) is 0.474. The lowest BCUT2D eigenvalue weighted by Gasteiger charge is -2.16. The van der Waals surface area contributed by atoms with Gasteiger partial charge in [-0.15, -0.1) is 0 Å². The minimum absolute atomic E-state index is 0.0622. The Morgan fingerprint density at radius 1 is 1.30 bits per heavy atom. The highest BCUT2D eigenvalue weighted by Crippen LogP contribution is 2.32. The Balaban J connectivity index is 1.76.